The van der Waals surface area contributed by atoms with Crippen LogP contribution in [0.2, 0.25) is 0 Å². The summed E-state index contributed by atoms with van der Waals surface area (Å²) >= 11 is 1.41. The van der Waals surface area contributed by atoms with E-state index in [2.05, 4.69) is 30.4 Å². The van der Waals surface area contributed by atoms with Crippen LogP contribution in [0.3, 0.4) is 0 Å². The molecular weight excluding hydrogens is 350 g/mol. The van der Waals surface area contributed by atoms with Crippen LogP contribution in [0.25, 0.3) is 5.78 Å². The summed E-state index contributed by atoms with van der Waals surface area (Å²) in [4.78, 5) is 29.2. The van der Waals surface area contributed by atoms with Crippen LogP contribution < -0.4 is 5.32 Å². The van der Waals surface area contributed by atoms with Gasteiger partial charge in [0, 0.05) is 30.0 Å². The van der Waals surface area contributed by atoms with Crippen molar-refractivity contribution >= 4 is 29.1 Å². The normalized spacial score (nSPS) is 10.8. The first-order valence-electron chi connectivity index (χ1n) is 7.74. The van der Waals surface area contributed by atoms with Gasteiger partial charge in [0.05, 0.1) is 0 Å². The first kappa shape index (κ1) is 16.2. The summed E-state index contributed by atoms with van der Waals surface area (Å²) in [5.74, 6) is 0.0358. The Morgan fingerprint density at radius 1 is 1.04 bits per heavy atom. The molecule has 0 saturated heterocycles. The summed E-state index contributed by atoms with van der Waals surface area (Å²) < 4.78 is 1.53. The maximum absolute atomic E-state index is 12.4. The van der Waals surface area contributed by atoms with Crippen LogP contribution in [-0.4, -0.2) is 35.5 Å². The van der Waals surface area contributed by atoms with Crippen molar-refractivity contribution < 1.29 is 4.79 Å². The quantitative estimate of drug-likeness (QED) is 0.595. The molecular formula is C17H13N7OS. The van der Waals surface area contributed by atoms with Crippen molar-refractivity contribution in [1.29, 1.82) is 0 Å². The molecule has 1 amide bonds. The number of aromatic nitrogens is 6. The van der Waals surface area contributed by atoms with E-state index in [0.29, 0.717) is 11.5 Å². The second-order valence-corrected chi connectivity index (χ2v) is 6.38. The van der Waals surface area contributed by atoms with Gasteiger partial charge in [-0.05, 0) is 37.3 Å². The van der Waals surface area contributed by atoms with Gasteiger partial charge in [0.1, 0.15) is 10.1 Å². The maximum atomic E-state index is 12.4. The molecule has 4 rings (SSSR count). The minimum atomic E-state index is -0.408. The number of fused-ring (bicyclic) bond motifs is 1. The molecule has 0 aliphatic rings. The lowest BCUT2D eigenvalue weighted by molar-refractivity contribution is 0.101. The van der Waals surface area contributed by atoms with Gasteiger partial charge in [-0.25, -0.2) is 19.5 Å². The minimum Gasteiger partial charge on any atom is -0.319 e. The number of nitrogens with zero attached hydrogens (tertiary/aromatic N) is 6. The zero-order chi connectivity index (χ0) is 17.9. The summed E-state index contributed by atoms with van der Waals surface area (Å²) in [5.41, 5.74) is 1.45. The van der Waals surface area contributed by atoms with Gasteiger partial charge in [-0.15, -0.1) is 5.10 Å². The van der Waals surface area contributed by atoms with Gasteiger partial charge in [0.2, 0.25) is 5.82 Å². The van der Waals surface area contributed by atoms with Crippen LogP contribution >= 0.6 is 11.8 Å². The summed E-state index contributed by atoms with van der Waals surface area (Å²) in [6.07, 6.45) is 4.98. The highest BCUT2D eigenvalue weighted by Gasteiger charge is 2.15. The number of carbonyl (C=O) groups is 1. The molecule has 0 bridgehead atoms. The SMILES string of the molecule is Cc1ccnc2nc(C(=O)Nc3ccnc(Sc4ccccn4)c3)nn12. The largest absolute Gasteiger partial charge is 0.319 e. The first-order chi connectivity index (χ1) is 12.7. The fourth-order valence-electron chi connectivity index (χ4n) is 2.25. The van der Waals surface area contributed by atoms with Gasteiger partial charge in [0.15, 0.2) is 0 Å². The molecule has 0 aliphatic heterocycles. The van der Waals surface area contributed by atoms with E-state index in [0.717, 1.165) is 15.7 Å². The molecule has 0 aliphatic carbocycles. The third-order valence-corrected chi connectivity index (χ3v) is 4.36. The number of pyridine rings is 2. The molecule has 0 fully saturated rings. The lowest BCUT2D eigenvalue weighted by Crippen LogP contribution is -2.14. The van der Waals surface area contributed by atoms with E-state index in [1.807, 2.05) is 25.1 Å². The molecule has 0 spiro atoms. The van der Waals surface area contributed by atoms with E-state index in [4.69, 9.17) is 0 Å². The van der Waals surface area contributed by atoms with Crippen molar-refractivity contribution in [1.82, 2.24) is 29.5 Å². The van der Waals surface area contributed by atoms with E-state index in [9.17, 15) is 4.79 Å². The summed E-state index contributed by atoms with van der Waals surface area (Å²) in [5, 5.41) is 8.53. The third kappa shape index (κ3) is 3.38. The highest BCUT2D eigenvalue weighted by molar-refractivity contribution is 7.99. The average Bonchev–Trinajstić information content (AvgIpc) is 3.09. The lowest BCUT2D eigenvalue weighted by Gasteiger charge is -2.04. The number of amides is 1. The average molecular weight is 363 g/mol. The number of rotatable bonds is 4. The number of anilines is 1. The standard InChI is InChI=1S/C17H13N7OS/c1-11-5-8-20-17-22-15(23-24(11)17)16(25)21-12-6-9-19-14(10-12)26-13-4-2-3-7-18-13/h2-10H,1H3,(H,19,21,25). The lowest BCUT2D eigenvalue weighted by atomic mass is 10.4. The molecule has 4 aromatic heterocycles. The fourth-order valence-corrected chi connectivity index (χ4v) is 3.02. The molecule has 0 radical (unpaired) electrons. The Morgan fingerprint density at radius 2 is 1.88 bits per heavy atom. The molecule has 0 aromatic carbocycles. The Morgan fingerprint density at radius 3 is 2.69 bits per heavy atom. The molecule has 0 saturated carbocycles. The van der Waals surface area contributed by atoms with Crippen LogP contribution in [0.5, 0.6) is 0 Å². The van der Waals surface area contributed by atoms with Gasteiger partial charge >= 0.3 is 0 Å². The van der Waals surface area contributed by atoms with E-state index < -0.39 is 5.91 Å². The number of aryl methyl sites for hydroxylation is 1. The minimum absolute atomic E-state index is 0.0579. The van der Waals surface area contributed by atoms with Crippen LogP contribution in [0.1, 0.15) is 16.3 Å². The van der Waals surface area contributed by atoms with E-state index in [-0.39, 0.29) is 5.82 Å². The maximum Gasteiger partial charge on any atom is 0.295 e. The van der Waals surface area contributed by atoms with Crippen LogP contribution in [-0.2, 0) is 0 Å². The number of carbonyl (C=O) groups excluding carboxylic acids is 1. The number of hydrogen-bond donors (Lipinski definition) is 1. The highest BCUT2D eigenvalue weighted by atomic mass is 32.2. The zero-order valence-electron chi connectivity index (χ0n) is 13.7. The first-order valence-corrected chi connectivity index (χ1v) is 8.55. The van der Waals surface area contributed by atoms with Crippen LogP contribution in [0.15, 0.2) is 65.0 Å². The topological polar surface area (TPSA) is 98.0 Å². The second kappa shape index (κ2) is 6.89. The molecule has 9 heteroatoms. The van der Waals surface area contributed by atoms with Gasteiger partial charge in [0.25, 0.3) is 11.7 Å². The highest BCUT2D eigenvalue weighted by Crippen LogP contribution is 2.25. The monoisotopic (exact) mass is 363 g/mol. The predicted molar refractivity (Wildman–Crippen MR) is 96.1 cm³/mol. The molecule has 0 atom stereocenters. The molecule has 1 N–H and O–H groups in total. The Labute approximate surface area is 152 Å². The molecule has 4 heterocycles. The second-order valence-electron chi connectivity index (χ2n) is 5.34. The summed E-state index contributed by atoms with van der Waals surface area (Å²) in [6, 6.07) is 10.9. The number of hydrogen-bond acceptors (Lipinski definition) is 7. The van der Waals surface area contributed by atoms with Gasteiger partial charge in [-0.2, -0.15) is 4.98 Å². The van der Waals surface area contributed by atoms with Crippen molar-refractivity contribution in [2.24, 2.45) is 0 Å². The van der Waals surface area contributed by atoms with Crippen LogP contribution in [0.4, 0.5) is 5.69 Å². The summed E-state index contributed by atoms with van der Waals surface area (Å²) in [6.45, 7) is 1.87. The molecule has 128 valence electrons. The van der Waals surface area contributed by atoms with Crippen molar-refractivity contribution in [3.63, 3.8) is 0 Å². The molecule has 0 unspecified atom stereocenters. The smallest absolute Gasteiger partial charge is 0.295 e. The number of nitrogens with one attached hydrogen (secondary N) is 1. The Bertz CT molecular complexity index is 1080. The Kier molecular flexibility index (Phi) is 4.28. The van der Waals surface area contributed by atoms with Crippen molar-refractivity contribution in [3.8, 4) is 0 Å². The third-order valence-electron chi connectivity index (χ3n) is 3.47. The van der Waals surface area contributed by atoms with Gasteiger partial charge < -0.3 is 5.32 Å². The van der Waals surface area contributed by atoms with Crippen molar-refractivity contribution in [2.45, 2.75) is 17.0 Å². The van der Waals surface area contributed by atoms with Crippen LogP contribution in [0, 0.1) is 6.92 Å². The zero-order valence-corrected chi connectivity index (χ0v) is 14.5. The molecule has 8 nitrogen and oxygen atoms in total. The molecule has 26 heavy (non-hydrogen) atoms. The van der Waals surface area contributed by atoms with E-state index in [1.165, 1.54) is 16.3 Å². The fraction of sp³-hybridized carbons (Fsp3) is 0.0588. The van der Waals surface area contributed by atoms with Gasteiger partial charge in [-0.3, -0.25) is 4.79 Å². The van der Waals surface area contributed by atoms with E-state index in [1.54, 1.807) is 36.8 Å². The molecule has 4 aromatic rings. The van der Waals surface area contributed by atoms with Gasteiger partial charge in [-0.1, -0.05) is 17.8 Å². The predicted octanol–water partition coefficient (Wildman–Crippen LogP) is 2.63. The van der Waals surface area contributed by atoms with Crippen molar-refractivity contribution in [3.05, 3.63) is 66.5 Å². The Balaban J connectivity index is 1.53. The van der Waals surface area contributed by atoms with E-state index >= 15 is 0 Å². The van der Waals surface area contributed by atoms with Crippen molar-refractivity contribution in [2.75, 3.05) is 5.32 Å². The Hall–Kier alpha value is -3.33. The summed E-state index contributed by atoms with van der Waals surface area (Å²) in [7, 11) is 0.